The highest BCUT2D eigenvalue weighted by Gasteiger charge is 2.24. The van der Waals surface area contributed by atoms with Crippen LogP contribution in [0.4, 0.5) is 5.95 Å². The van der Waals surface area contributed by atoms with Gasteiger partial charge in [-0.15, -0.1) is 0 Å². The molecule has 0 saturated heterocycles. The molecule has 3 aromatic rings. The summed E-state index contributed by atoms with van der Waals surface area (Å²) in [5.74, 6) is 0.148. The molecule has 0 atom stereocenters. The molecular formula is C20H24N4O4S. The van der Waals surface area contributed by atoms with Gasteiger partial charge in [-0.05, 0) is 36.8 Å². The van der Waals surface area contributed by atoms with Crippen LogP contribution < -0.4 is 10.1 Å². The van der Waals surface area contributed by atoms with Crippen molar-refractivity contribution >= 4 is 32.9 Å². The van der Waals surface area contributed by atoms with Gasteiger partial charge in [0.2, 0.25) is 16.0 Å². The molecule has 0 aliphatic heterocycles. The third-order valence-electron chi connectivity index (χ3n) is 4.51. The lowest BCUT2D eigenvalue weighted by Crippen LogP contribution is -2.23. The number of anilines is 1. The molecule has 0 aliphatic rings. The predicted octanol–water partition coefficient (Wildman–Crippen LogP) is 2.96. The van der Waals surface area contributed by atoms with E-state index in [4.69, 9.17) is 4.74 Å². The Balaban J connectivity index is 2.00. The number of sulfonamides is 1. The molecule has 9 heteroatoms. The number of hydrogen-bond donors (Lipinski definition) is 1. The maximum atomic E-state index is 12.9. The van der Waals surface area contributed by atoms with Crippen LogP contribution in [0.3, 0.4) is 0 Å². The number of benzene rings is 2. The molecule has 3 rings (SSSR count). The van der Waals surface area contributed by atoms with Gasteiger partial charge in [-0.2, -0.15) is 0 Å². The summed E-state index contributed by atoms with van der Waals surface area (Å²) in [6.07, 6.45) is 0.872. The van der Waals surface area contributed by atoms with Crippen LogP contribution in [-0.4, -0.2) is 49.4 Å². The second-order valence-corrected chi connectivity index (χ2v) is 8.80. The third-order valence-corrected chi connectivity index (χ3v) is 6.35. The zero-order valence-corrected chi connectivity index (χ0v) is 17.7. The molecule has 1 aromatic heterocycles. The fourth-order valence-electron chi connectivity index (χ4n) is 3.01. The summed E-state index contributed by atoms with van der Waals surface area (Å²) in [7, 11) is 0.458. The molecule has 0 saturated carbocycles. The summed E-state index contributed by atoms with van der Waals surface area (Å²) < 4.78 is 33.4. The maximum Gasteiger partial charge on any atom is 0.258 e. The Kier molecular flexibility index (Phi) is 5.90. The van der Waals surface area contributed by atoms with E-state index in [2.05, 4.69) is 10.3 Å². The minimum absolute atomic E-state index is 0.0697. The topological polar surface area (TPSA) is 93.5 Å². The first kappa shape index (κ1) is 20.8. The number of nitrogens with zero attached hydrogens (tertiary/aromatic N) is 3. The second-order valence-electron chi connectivity index (χ2n) is 6.68. The average Bonchev–Trinajstić information content (AvgIpc) is 3.04. The fourth-order valence-corrected chi connectivity index (χ4v) is 4.09. The number of fused-ring (bicyclic) bond motifs is 1. The Morgan fingerprint density at radius 1 is 1.21 bits per heavy atom. The van der Waals surface area contributed by atoms with Crippen molar-refractivity contribution in [3.05, 3.63) is 48.0 Å². The van der Waals surface area contributed by atoms with Gasteiger partial charge in [-0.1, -0.05) is 19.1 Å². The molecule has 8 nitrogen and oxygen atoms in total. The second kappa shape index (κ2) is 8.22. The Bertz CT molecular complexity index is 1150. The van der Waals surface area contributed by atoms with Crippen molar-refractivity contribution in [3.63, 3.8) is 0 Å². The number of carbonyl (C=O) groups excluding carboxylic acids is 1. The van der Waals surface area contributed by atoms with E-state index >= 15 is 0 Å². The Morgan fingerprint density at radius 2 is 1.93 bits per heavy atom. The molecule has 1 heterocycles. The molecule has 29 heavy (non-hydrogen) atoms. The van der Waals surface area contributed by atoms with Crippen molar-refractivity contribution in [1.82, 2.24) is 13.9 Å². The van der Waals surface area contributed by atoms with Gasteiger partial charge in [0.25, 0.3) is 5.91 Å². The van der Waals surface area contributed by atoms with Gasteiger partial charge in [0.05, 0.1) is 18.1 Å². The Morgan fingerprint density at radius 3 is 2.59 bits per heavy atom. The molecular weight excluding hydrogens is 392 g/mol. The monoisotopic (exact) mass is 416 g/mol. The smallest absolute Gasteiger partial charge is 0.258 e. The van der Waals surface area contributed by atoms with Crippen LogP contribution in [0.25, 0.3) is 11.0 Å². The Labute approximate surface area is 170 Å². The summed E-state index contributed by atoms with van der Waals surface area (Å²) in [6, 6.07) is 11.9. The van der Waals surface area contributed by atoms with Crippen molar-refractivity contribution in [3.8, 4) is 5.75 Å². The zero-order chi connectivity index (χ0) is 21.2. The number of carbonyl (C=O) groups is 1. The van der Waals surface area contributed by atoms with Crippen molar-refractivity contribution in [1.29, 1.82) is 0 Å². The molecule has 0 radical (unpaired) electrons. The van der Waals surface area contributed by atoms with E-state index in [-0.39, 0.29) is 16.2 Å². The molecule has 0 aliphatic carbocycles. The number of aryl methyl sites for hydroxylation is 1. The molecule has 1 amide bonds. The lowest BCUT2D eigenvalue weighted by atomic mass is 10.2. The van der Waals surface area contributed by atoms with E-state index in [0.717, 1.165) is 21.8 Å². The summed E-state index contributed by atoms with van der Waals surface area (Å²) in [5, 5.41) is 2.81. The SMILES string of the molecule is CCCn1c(NC(=O)c2ccc(OC)c(S(=O)(=O)N(C)C)c2)nc2ccccc21. The number of hydrogen-bond acceptors (Lipinski definition) is 5. The minimum Gasteiger partial charge on any atom is -0.495 e. The van der Waals surface area contributed by atoms with Crippen LogP contribution in [0, 0.1) is 0 Å². The molecule has 0 fully saturated rings. The molecule has 0 unspecified atom stereocenters. The lowest BCUT2D eigenvalue weighted by molar-refractivity contribution is 0.102. The molecule has 154 valence electrons. The van der Waals surface area contributed by atoms with E-state index in [1.54, 1.807) is 0 Å². The molecule has 2 aromatic carbocycles. The lowest BCUT2D eigenvalue weighted by Gasteiger charge is -2.15. The molecule has 0 spiro atoms. The first-order valence-electron chi connectivity index (χ1n) is 9.16. The van der Waals surface area contributed by atoms with Gasteiger partial charge < -0.3 is 9.30 Å². The van der Waals surface area contributed by atoms with Crippen molar-refractivity contribution < 1.29 is 17.9 Å². The van der Waals surface area contributed by atoms with Gasteiger partial charge >= 0.3 is 0 Å². The number of imidazole rings is 1. The largest absolute Gasteiger partial charge is 0.495 e. The van der Waals surface area contributed by atoms with Crippen LogP contribution in [0.5, 0.6) is 5.75 Å². The van der Waals surface area contributed by atoms with Gasteiger partial charge in [-0.25, -0.2) is 17.7 Å². The van der Waals surface area contributed by atoms with Crippen LogP contribution in [0.15, 0.2) is 47.4 Å². The van der Waals surface area contributed by atoms with Crippen molar-refractivity contribution in [2.24, 2.45) is 0 Å². The molecule has 0 bridgehead atoms. The number of rotatable bonds is 7. The Hall–Kier alpha value is -2.91. The first-order chi connectivity index (χ1) is 13.8. The number of ether oxygens (including phenoxy) is 1. The number of aromatic nitrogens is 2. The minimum atomic E-state index is -3.78. The number of para-hydroxylation sites is 2. The highest BCUT2D eigenvalue weighted by atomic mass is 32.2. The quantitative estimate of drug-likeness (QED) is 0.639. The van der Waals surface area contributed by atoms with Crippen molar-refractivity contribution in [2.45, 2.75) is 24.8 Å². The predicted molar refractivity (Wildman–Crippen MR) is 112 cm³/mol. The van der Waals surface area contributed by atoms with Gasteiger partial charge in [0.15, 0.2) is 0 Å². The van der Waals surface area contributed by atoms with Gasteiger partial charge in [-0.3, -0.25) is 10.1 Å². The normalized spacial score (nSPS) is 11.8. The van der Waals surface area contributed by atoms with Gasteiger partial charge in [0, 0.05) is 26.2 Å². The van der Waals surface area contributed by atoms with E-state index in [9.17, 15) is 13.2 Å². The summed E-state index contributed by atoms with van der Waals surface area (Å²) in [5.41, 5.74) is 1.90. The fraction of sp³-hybridized carbons (Fsp3) is 0.300. The van der Waals surface area contributed by atoms with E-state index in [0.29, 0.717) is 12.5 Å². The van der Waals surface area contributed by atoms with Gasteiger partial charge in [0.1, 0.15) is 10.6 Å². The highest BCUT2D eigenvalue weighted by Crippen LogP contribution is 2.27. The highest BCUT2D eigenvalue weighted by molar-refractivity contribution is 7.89. The van der Waals surface area contributed by atoms with E-state index in [1.807, 2.05) is 35.8 Å². The standard InChI is InChI=1S/C20H24N4O4S/c1-5-12-24-16-9-7-6-8-15(16)21-20(24)22-19(25)14-10-11-17(28-4)18(13-14)29(26,27)23(2)3/h6-11,13H,5,12H2,1-4H3,(H,21,22,25). The third kappa shape index (κ3) is 3.96. The van der Waals surface area contributed by atoms with Crippen LogP contribution in [0.1, 0.15) is 23.7 Å². The average molecular weight is 417 g/mol. The zero-order valence-electron chi connectivity index (χ0n) is 16.8. The number of nitrogens with one attached hydrogen (secondary N) is 1. The summed E-state index contributed by atoms with van der Waals surface area (Å²) >= 11 is 0. The summed E-state index contributed by atoms with van der Waals surface area (Å²) in [6.45, 7) is 2.74. The van der Waals surface area contributed by atoms with Crippen LogP contribution in [-0.2, 0) is 16.6 Å². The summed E-state index contributed by atoms with van der Waals surface area (Å²) in [4.78, 5) is 17.3. The van der Waals surface area contributed by atoms with Crippen LogP contribution in [0.2, 0.25) is 0 Å². The first-order valence-corrected chi connectivity index (χ1v) is 10.6. The maximum absolute atomic E-state index is 12.9. The van der Waals surface area contributed by atoms with E-state index in [1.165, 1.54) is 39.4 Å². The van der Waals surface area contributed by atoms with Crippen LogP contribution >= 0.6 is 0 Å². The van der Waals surface area contributed by atoms with Crippen molar-refractivity contribution in [2.75, 3.05) is 26.5 Å². The number of methoxy groups -OCH3 is 1. The van der Waals surface area contributed by atoms with E-state index < -0.39 is 15.9 Å². The number of amides is 1. The molecule has 1 N–H and O–H groups in total.